The molecule has 212 valence electrons. The first-order valence-corrected chi connectivity index (χ1v) is 19.6. The first kappa shape index (κ1) is 29.8. The summed E-state index contributed by atoms with van der Waals surface area (Å²) in [5, 5.41) is 1.54. The molecular formula is C39H38Cl2Zr. The quantitative estimate of drug-likeness (QED) is 0.203. The van der Waals surface area contributed by atoms with E-state index in [1.165, 1.54) is 47.7 Å². The Hall–Kier alpha value is -2.31. The molecule has 3 heteroatoms. The van der Waals surface area contributed by atoms with Crippen molar-refractivity contribution in [2.45, 2.75) is 59.6 Å². The number of fused-ring (bicyclic) bond motifs is 3. The van der Waals surface area contributed by atoms with Crippen LogP contribution in [0.2, 0.25) is 13.7 Å². The van der Waals surface area contributed by atoms with Gasteiger partial charge in [-0.3, -0.25) is 0 Å². The average molecular weight is 669 g/mol. The summed E-state index contributed by atoms with van der Waals surface area (Å²) in [7, 11) is 0. The summed E-state index contributed by atoms with van der Waals surface area (Å²) in [6, 6.07) is 31.5. The number of allylic oxidation sites excluding steroid dienone is 4. The van der Waals surface area contributed by atoms with E-state index in [-0.39, 0.29) is 10.8 Å². The Balaban J connectivity index is 1.76. The van der Waals surface area contributed by atoms with Crippen molar-refractivity contribution in [3.8, 4) is 11.1 Å². The molecular weight excluding hydrogens is 631 g/mol. The van der Waals surface area contributed by atoms with Crippen molar-refractivity contribution in [3.05, 3.63) is 153 Å². The molecule has 4 aromatic carbocycles. The second-order valence-corrected chi connectivity index (χ2v) is 21.1. The van der Waals surface area contributed by atoms with Crippen molar-refractivity contribution in [3.63, 3.8) is 0 Å². The standard InChI is InChI=1S/C21H25.C13H8Cl2.C5H5.Zr/c1-20(2,3)16-7-9-18-14(12-16)11-15-13-17(21(4,5)6)8-10-19(15)18;14-12-5-1-3-10(8-12)7-11-4-2-6-13(15)9-11;1-2-4-5-3-1;/h7-13H,1-6H3;1-6,8-9H;1-5H;. The second-order valence-electron chi connectivity index (χ2n) is 13.7. The molecule has 0 bridgehead atoms. The zero-order valence-corrected chi connectivity index (χ0v) is 29.3. The third-order valence-corrected chi connectivity index (χ3v) is 17.8. The molecule has 0 N–H and O–H groups in total. The van der Waals surface area contributed by atoms with Crippen LogP contribution in [-0.2, 0) is 32.1 Å². The molecule has 0 saturated carbocycles. The van der Waals surface area contributed by atoms with Crippen LogP contribution in [-0.4, -0.2) is 3.21 Å². The molecule has 0 atom stereocenters. The fourth-order valence-corrected chi connectivity index (χ4v) is 16.1. The van der Waals surface area contributed by atoms with E-state index in [0.29, 0.717) is 7.25 Å². The predicted molar refractivity (Wildman–Crippen MR) is 179 cm³/mol. The predicted octanol–water partition coefficient (Wildman–Crippen LogP) is 11.5. The van der Waals surface area contributed by atoms with Gasteiger partial charge in [0.1, 0.15) is 0 Å². The number of halogens is 2. The summed E-state index contributed by atoms with van der Waals surface area (Å²) in [5.41, 5.74) is 11.1. The second kappa shape index (κ2) is 11.3. The van der Waals surface area contributed by atoms with Crippen LogP contribution in [0.25, 0.3) is 11.1 Å². The van der Waals surface area contributed by atoms with Crippen LogP contribution >= 0.6 is 23.2 Å². The average Bonchev–Trinajstić information content (AvgIpc) is 3.57. The summed E-state index contributed by atoms with van der Waals surface area (Å²) in [4.78, 5) is 0. The van der Waals surface area contributed by atoms with Crippen LogP contribution in [0.1, 0.15) is 78.5 Å². The summed E-state index contributed by atoms with van der Waals surface area (Å²) < 4.78 is 2.21. The van der Waals surface area contributed by atoms with Crippen LogP contribution in [0.3, 0.4) is 0 Å². The van der Waals surface area contributed by atoms with Crippen LogP contribution in [0.5, 0.6) is 0 Å². The first-order valence-electron chi connectivity index (χ1n) is 14.8. The summed E-state index contributed by atoms with van der Waals surface area (Å²) in [6.07, 6.45) is 9.38. The molecule has 2 aliphatic carbocycles. The van der Waals surface area contributed by atoms with Crippen molar-refractivity contribution < 1.29 is 21.3 Å². The van der Waals surface area contributed by atoms with Crippen molar-refractivity contribution in [2.75, 3.05) is 0 Å². The molecule has 0 saturated heterocycles. The minimum absolute atomic E-state index is 0.0636. The number of benzene rings is 4. The molecule has 0 spiro atoms. The topological polar surface area (TPSA) is 0 Å². The molecule has 0 aliphatic heterocycles. The molecule has 0 unspecified atom stereocenters. The molecule has 0 heterocycles. The Morgan fingerprint density at radius 1 is 0.595 bits per heavy atom. The summed E-state index contributed by atoms with van der Waals surface area (Å²) in [5.74, 6) is 0. The minimum atomic E-state index is -2.80. The zero-order chi connectivity index (χ0) is 29.8. The Morgan fingerprint density at radius 3 is 1.45 bits per heavy atom. The van der Waals surface area contributed by atoms with Gasteiger partial charge in [-0.1, -0.05) is 0 Å². The third kappa shape index (κ3) is 5.66. The Bertz CT molecular complexity index is 1650. The van der Waals surface area contributed by atoms with Gasteiger partial charge >= 0.3 is 271 Å². The summed E-state index contributed by atoms with van der Waals surface area (Å²) in [6.45, 7) is 13.9. The number of hydrogen-bond donors (Lipinski definition) is 0. The molecule has 0 nitrogen and oxygen atoms in total. The van der Waals surface area contributed by atoms with E-state index in [9.17, 15) is 0 Å². The van der Waals surface area contributed by atoms with E-state index in [0.717, 1.165) is 10.0 Å². The van der Waals surface area contributed by atoms with E-state index in [4.69, 9.17) is 23.2 Å². The van der Waals surface area contributed by atoms with Gasteiger partial charge in [0.2, 0.25) is 0 Å². The van der Waals surface area contributed by atoms with E-state index in [1.807, 2.05) is 12.1 Å². The van der Waals surface area contributed by atoms with Crippen molar-refractivity contribution in [2.24, 2.45) is 0 Å². The van der Waals surface area contributed by atoms with E-state index in [1.54, 1.807) is 0 Å². The van der Waals surface area contributed by atoms with Gasteiger partial charge in [0, 0.05) is 0 Å². The Kier molecular flexibility index (Phi) is 8.02. The number of rotatable bonds is 4. The normalized spacial score (nSPS) is 14.8. The van der Waals surface area contributed by atoms with Gasteiger partial charge in [0.05, 0.1) is 0 Å². The zero-order valence-electron chi connectivity index (χ0n) is 25.3. The maximum absolute atomic E-state index is 6.69. The van der Waals surface area contributed by atoms with E-state index < -0.39 is 21.3 Å². The van der Waals surface area contributed by atoms with Crippen LogP contribution in [0, 0.1) is 0 Å². The number of hydrogen-bond acceptors (Lipinski definition) is 0. The van der Waals surface area contributed by atoms with Crippen LogP contribution in [0.4, 0.5) is 0 Å². The molecule has 0 radical (unpaired) electrons. The fraction of sp³-hybridized carbons (Fsp3) is 0.256. The van der Waals surface area contributed by atoms with E-state index in [2.05, 4.69) is 139 Å². The van der Waals surface area contributed by atoms with Crippen molar-refractivity contribution in [1.29, 1.82) is 0 Å². The van der Waals surface area contributed by atoms with Gasteiger partial charge in [0.25, 0.3) is 0 Å². The molecule has 4 aromatic rings. The van der Waals surface area contributed by atoms with Gasteiger partial charge in [-0.15, -0.1) is 0 Å². The third-order valence-electron chi connectivity index (χ3n) is 8.68. The monoisotopic (exact) mass is 666 g/mol. The molecule has 0 amide bonds. The molecule has 42 heavy (non-hydrogen) atoms. The van der Waals surface area contributed by atoms with Crippen LogP contribution < -0.4 is 0 Å². The Labute approximate surface area is 269 Å². The first-order chi connectivity index (χ1) is 19.9. The van der Waals surface area contributed by atoms with Gasteiger partial charge in [-0.2, -0.15) is 0 Å². The van der Waals surface area contributed by atoms with Crippen LogP contribution in [0.15, 0.2) is 109 Å². The molecule has 2 aliphatic rings. The Morgan fingerprint density at radius 2 is 1.05 bits per heavy atom. The van der Waals surface area contributed by atoms with Gasteiger partial charge < -0.3 is 0 Å². The van der Waals surface area contributed by atoms with Crippen molar-refractivity contribution >= 4 is 26.4 Å². The molecule has 6 rings (SSSR count). The summed E-state index contributed by atoms with van der Waals surface area (Å²) >= 11 is 10.6. The molecule has 0 fully saturated rings. The fourth-order valence-electron chi connectivity index (χ4n) is 6.46. The van der Waals surface area contributed by atoms with Gasteiger partial charge in [0.15, 0.2) is 0 Å². The molecule has 0 aromatic heterocycles. The van der Waals surface area contributed by atoms with Gasteiger partial charge in [-0.25, -0.2) is 0 Å². The van der Waals surface area contributed by atoms with Crippen molar-refractivity contribution in [1.82, 2.24) is 0 Å². The van der Waals surface area contributed by atoms with E-state index >= 15 is 0 Å². The SMILES string of the molecule is CC(C)(C)c1ccc2c(c1)[CH]([Zr](=[C](c1cccc(Cl)c1)c1cccc(Cl)c1)[CH]1C=CC=C1)c1cc(C(C)(C)C)ccc1-2. The maximum atomic E-state index is 6.69. The van der Waals surface area contributed by atoms with Gasteiger partial charge in [-0.05, 0) is 0 Å².